The minimum absolute atomic E-state index is 0.0101. The van der Waals surface area contributed by atoms with E-state index in [0.29, 0.717) is 12.5 Å². The molecule has 0 bridgehead atoms. The lowest BCUT2D eigenvalue weighted by Crippen LogP contribution is -2.57. The molecule has 4 rings (SSSR count). The summed E-state index contributed by atoms with van der Waals surface area (Å²) in [5, 5.41) is 0. The van der Waals surface area contributed by atoms with Crippen molar-refractivity contribution in [3.05, 3.63) is 29.3 Å². The third-order valence-electron chi connectivity index (χ3n) is 6.92. The van der Waals surface area contributed by atoms with E-state index in [0.717, 1.165) is 50.8 Å². The molecular weight excluding hydrogens is 438 g/mol. The fourth-order valence-electron chi connectivity index (χ4n) is 5.49. The first-order valence-electron chi connectivity index (χ1n) is 11.0. The molecule has 3 atom stereocenters. The molecule has 0 amide bonds. The number of ether oxygens (including phenoxy) is 1. The third-order valence-corrected chi connectivity index (χ3v) is 9.62. The number of piperidine rings is 2. The molecule has 8 nitrogen and oxygen atoms in total. The van der Waals surface area contributed by atoms with Gasteiger partial charge in [0.2, 0.25) is 20.0 Å². The van der Waals surface area contributed by atoms with Crippen LogP contribution < -0.4 is 9.46 Å². The van der Waals surface area contributed by atoms with Crippen LogP contribution in [0.15, 0.2) is 18.2 Å². The van der Waals surface area contributed by atoms with Crippen LogP contribution >= 0.6 is 0 Å². The van der Waals surface area contributed by atoms with E-state index in [4.69, 9.17) is 4.74 Å². The summed E-state index contributed by atoms with van der Waals surface area (Å²) < 4.78 is 58.3. The van der Waals surface area contributed by atoms with Crippen molar-refractivity contribution in [3.8, 4) is 5.75 Å². The zero-order valence-corrected chi connectivity index (χ0v) is 19.9. The van der Waals surface area contributed by atoms with Crippen LogP contribution in [0.1, 0.15) is 42.9 Å². The second-order valence-corrected chi connectivity index (χ2v) is 12.9. The van der Waals surface area contributed by atoms with Gasteiger partial charge < -0.3 is 4.74 Å². The molecule has 3 aliphatic heterocycles. The summed E-state index contributed by atoms with van der Waals surface area (Å²) in [5.74, 6) is 1.19. The fourth-order valence-corrected chi connectivity index (χ4v) is 7.83. The Bertz CT molecular complexity index is 1010. The molecular formula is C21H33N3O5S2. The average Bonchev–Trinajstić information content (AvgIpc) is 2.73. The standard InChI is InChI=1S/C21H33N3O5S2/c1-29-18-6-7-19-16(13-18)8-11-23-15-17-5-3-10-24(20(17)14-21(19)23)31(27,28)12-4-9-22-30(2,25)26/h6-7,13,17,20-22H,3-5,8-12,14-15H2,1-2H3. The Morgan fingerprint density at radius 1 is 1.19 bits per heavy atom. The van der Waals surface area contributed by atoms with Gasteiger partial charge in [-0.2, -0.15) is 4.31 Å². The number of sulfonamides is 2. The Morgan fingerprint density at radius 3 is 2.74 bits per heavy atom. The molecule has 1 aromatic carbocycles. The van der Waals surface area contributed by atoms with Crippen LogP contribution in [0, 0.1) is 5.92 Å². The van der Waals surface area contributed by atoms with Crippen LogP contribution in [0.2, 0.25) is 0 Å². The van der Waals surface area contributed by atoms with Gasteiger partial charge in [0.25, 0.3) is 0 Å². The van der Waals surface area contributed by atoms with E-state index in [9.17, 15) is 16.8 Å². The van der Waals surface area contributed by atoms with Gasteiger partial charge in [0, 0.05) is 38.3 Å². The zero-order valence-electron chi connectivity index (χ0n) is 18.3. The van der Waals surface area contributed by atoms with E-state index in [1.807, 2.05) is 6.07 Å². The first-order chi connectivity index (χ1) is 14.7. The van der Waals surface area contributed by atoms with Crippen LogP contribution in [-0.4, -0.2) is 77.4 Å². The second-order valence-electron chi connectivity index (χ2n) is 8.98. The first kappa shape index (κ1) is 23.0. The molecule has 1 N–H and O–H groups in total. The number of nitrogens with one attached hydrogen (secondary N) is 1. The molecule has 10 heteroatoms. The lowest BCUT2D eigenvalue weighted by molar-refractivity contribution is 0.0219. The van der Waals surface area contributed by atoms with E-state index in [1.165, 1.54) is 11.1 Å². The molecule has 31 heavy (non-hydrogen) atoms. The van der Waals surface area contributed by atoms with Gasteiger partial charge in [-0.1, -0.05) is 6.07 Å². The van der Waals surface area contributed by atoms with Gasteiger partial charge in [-0.05, 0) is 61.3 Å². The third kappa shape index (κ3) is 5.08. The lowest BCUT2D eigenvalue weighted by atomic mass is 9.77. The number of rotatable bonds is 7. The Labute approximate surface area is 186 Å². The normalized spacial score (nSPS) is 27.2. The quantitative estimate of drug-likeness (QED) is 0.603. The minimum Gasteiger partial charge on any atom is -0.497 e. The summed E-state index contributed by atoms with van der Waals surface area (Å²) in [6, 6.07) is 6.50. The van der Waals surface area contributed by atoms with Crippen molar-refractivity contribution in [3.63, 3.8) is 0 Å². The highest BCUT2D eigenvalue weighted by atomic mass is 32.2. The minimum atomic E-state index is -3.44. The van der Waals surface area contributed by atoms with E-state index in [-0.39, 0.29) is 30.8 Å². The zero-order chi connectivity index (χ0) is 22.2. The SMILES string of the molecule is COc1ccc2c(c1)CCN1CC3CCCN(S(=O)(=O)CCCNS(C)(=O)=O)C3CC21. The maximum atomic E-state index is 13.2. The highest BCUT2D eigenvalue weighted by Gasteiger charge is 2.45. The molecule has 0 spiro atoms. The summed E-state index contributed by atoms with van der Waals surface area (Å²) in [4.78, 5) is 2.53. The number of fused-ring (bicyclic) bond motifs is 4. The van der Waals surface area contributed by atoms with Gasteiger partial charge in [-0.3, -0.25) is 4.90 Å². The number of nitrogens with zero attached hydrogens (tertiary/aromatic N) is 2. The Morgan fingerprint density at radius 2 is 2.00 bits per heavy atom. The van der Waals surface area contributed by atoms with Crippen molar-refractivity contribution in [2.24, 2.45) is 5.92 Å². The van der Waals surface area contributed by atoms with E-state index in [2.05, 4.69) is 21.8 Å². The summed E-state index contributed by atoms with van der Waals surface area (Å²) in [6.07, 6.45) is 5.11. The van der Waals surface area contributed by atoms with Crippen molar-refractivity contribution >= 4 is 20.0 Å². The monoisotopic (exact) mass is 471 g/mol. The molecule has 0 aliphatic carbocycles. The molecule has 0 aromatic heterocycles. The maximum absolute atomic E-state index is 13.2. The van der Waals surface area contributed by atoms with Crippen molar-refractivity contribution in [2.45, 2.75) is 44.2 Å². The lowest BCUT2D eigenvalue weighted by Gasteiger charge is -2.51. The highest BCUT2D eigenvalue weighted by molar-refractivity contribution is 7.89. The van der Waals surface area contributed by atoms with Crippen LogP contribution in [0.25, 0.3) is 0 Å². The number of methoxy groups -OCH3 is 1. The summed E-state index contributed by atoms with van der Waals surface area (Å²) in [6.45, 7) is 2.64. The topological polar surface area (TPSA) is 96.0 Å². The highest BCUT2D eigenvalue weighted by Crippen LogP contribution is 2.44. The summed E-state index contributed by atoms with van der Waals surface area (Å²) in [7, 11) is -5.06. The molecule has 3 unspecified atom stereocenters. The second kappa shape index (κ2) is 8.97. The van der Waals surface area contributed by atoms with Crippen LogP contribution in [0.3, 0.4) is 0 Å². The van der Waals surface area contributed by atoms with Crippen LogP contribution in [0.5, 0.6) is 5.75 Å². The average molecular weight is 472 g/mol. The van der Waals surface area contributed by atoms with Gasteiger partial charge in [0.1, 0.15) is 5.75 Å². The molecule has 174 valence electrons. The van der Waals surface area contributed by atoms with Gasteiger partial charge in [-0.25, -0.2) is 21.6 Å². The van der Waals surface area contributed by atoms with E-state index in [1.54, 1.807) is 11.4 Å². The Balaban J connectivity index is 1.50. The number of benzene rings is 1. The van der Waals surface area contributed by atoms with Crippen LogP contribution in [-0.2, 0) is 26.5 Å². The van der Waals surface area contributed by atoms with Gasteiger partial charge in [0.05, 0.1) is 19.1 Å². The molecule has 0 saturated carbocycles. The fraction of sp³-hybridized carbons (Fsp3) is 0.714. The smallest absolute Gasteiger partial charge is 0.214 e. The first-order valence-corrected chi connectivity index (χ1v) is 14.5. The largest absolute Gasteiger partial charge is 0.497 e. The molecule has 0 radical (unpaired) electrons. The van der Waals surface area contributed by atoms with Crippen LogP contribution in [0.4, 0.5) is 0 Å². The Kier molecular flexibility index (Phi) is 6.65. The van der Waals surface area contributed by atoms with Gasteiger partial charge >= 0.3 is 0 Å². The molecule has 2 saturated heterocycles. The van der Waals surface area contributed by atoms with Gasteiger partial charge in [0.15, 0.2) is 0 Å². The molecule has 3 aliphatic rings. The summed E-state index contributed by atoms with van der Waals surface area (Å²) in [5.41, 5.74) is 2.60. The van der Waals surface area contributed by atoms with E-state index >= 15 is 0 Å². The molecule has 1 aromatic rings. The molecule has 2 fully saturated rings. The predicted octanol–water partition coefficient (Wildman–Crippen LogP) is 1.35. The number of hydrogen-bond donors (Lipinski definition) is 1. The summed E-state index contributed by atoms with van der Waals surface area (Å²) >= 11 is 0. The van der Waals surface area contributed by atoms with Gasteiger partial charge in [-0.15, -0.1) is 0 Å². The van der Waals surface area contributed by atoms with Crippen molar-refractivity contribution in [1.29, 1.82) is 0 Å². The predicted molar refractivity (Wildman–Crippen MR) is 120 cm³/mol. The van der Waals surface area contributed by atoms with E-state index < -0.39 is 20.0 Å². The van der Waals surface area contributed by atoms with Crippen molar-refractivity contribution in [2.75, 3.05) is 45.3 Å². The molecule has 3 heterocycles. The van der Waals surface area contributed by atoms with Crippen molar-refractivity contribution in [1.82, 2.24) is 13.9 Å². The Hall–Kier alpha value is -1.20. The number of hydrogen-bond acceptors (Lipinski definition) is 6. The van der Waals surface area contributed by atoms with Crippen molar-refractivity contribution < 1.29 is 21.6 Å². The maximum Gasteiger partial charge on any atom is 0.214 e.